The standard InChI is InChI=1S/3C25H52N2O.H3O4P/c3*1-4-7-10-11-12-13-14-15-16-20-25(28)26-21-19-24-27(22-17-8-5-2)23-18-9-6-3;1-5(2,3)4/h3*4-24H2,1-3H3,(H,26,28);(H3,1,2,3,4). The van der Waals surface area contributed by atoms with Crippen molar-refractivity contribution in [2.45, 2.75) is 390 Å². The third-order valence-corrected chi connectivity index (χ3v) is 16.9. The van der Waals surface area contributed by atoms with E-state index in [4.69, 9.17) is 19.2 Å². The van der Waals surface area contributed by atoms with Crippen LogP contribution >= 0.6 is 7.82 Å². The zero-order chi connectivity index (χ0) is 66.6. The van der Waals surface area contributed by atoms with Gasteiger partial charge in [0.1, 0.15) is 0 Å². The predicted molar refractivity (Wildman–Crippen MR) is 389 cm³/mol. The number of nitrogens with zero attached hydrogens (tertiary/aromatic N) is 3. The van der Waals surface area contributed by atoms with Crippen LogP contribution in [0.15, 0.2) is 0 Å². The van der Waals surface area contributed by atoms with Crippen LogP contribution in [0.5, 0.6) is 0 Å². The number of hydrogen-bond donors (Lipinski definition) is 6. The van der Waals surface area contributed by atoms with E-state index in [1.165, 1.54) is 309 Å². The summed E-state index contributed by atoms with van der Waals surface area (Å²) in [4.78, 5) is 65.4. The van der Waals surface area contributed by atoms with Crippen LogP contribution in [-0.2, 0) is 18.9 Å². The van der Waals surface area contributed by atoms with Crippen molar-refractivity contribution in [1.82, 2.24) is 30.7 Å². The normalized spacial score (nSPS) is 11.3. The number of hydrogen-bond acceptors (Lipinski definition) is 7. The highest BCUT2D eigenvalue weighted by Crippen LogP contribution is 2.26. The molecular formula is C75H159N6O7P. The molecule has 0 radical (unpaired) electrons. The molecule has 89 heavy (non-hydrogen) atoms. The molecule has 0 aliphatic carbocycles. The lowest BCUT2D eigenvalue weighted by Crippen LogP contribution is -2.31. The van der Waals surface area contributed by atoms with Gasteiger partial charge in [-0.3, -0.25) is 14.4 Å². The van der Waals surface area contributed by atoms with E-state index < -0.39 is 7.82 Å². The summed E-state index contributed by atoms with van der Waals surface area (Å²) in [7, 11) is -4.64. The molecule has 0 atom stereocenters. The molecule has 0 rings (SSSR count). The topological polar surface area (TPSA) is 175 Å². The number of nitrogens with one attached hydrogen (secondary N) is 3. The minimum absolute atomic E-state index is 0.256. The van der Waals surface area contributed by atoms with E-state index in [1.54, 1.807) is 0 Å². The molecule has 0 aliphatic heterocycles. The molecule has 0 spiro atoms. The van der Waals surface area contributed by atoms with Gasteiger partial charge in [-0.1, -0.05) is 293 Å². The first-order chi connectivity index (χ1) is 43.2. The number of unbranched alkanes of at least 4 members (excludes halogenated alkanes) is 36. The molecular weight excluding hydrogens is 1130 g/mol. The van der Waals surface area contributed by atoms with Gasteiger partial charge in [-0.05, 0) is 136 Å². The Morgan fingerprint density at radius 1 is 0.236 bits per heavy atom. The first kappa shape index (κ1) is 93.8. The Morgan fingerprint density at radius 3 is 0.539 bits per heavy atom. The first-order valence-corrected chi connectivity index (χ1v) is 40.5. The fraction of sp³-hybridized carbons (Fsp3) is 0.960. The highest BCUT2D eigenvalue weighted by atomic mass is 31.2. The van der Waals surface area contributed by atoms with Gasteiger partial charge >= 0.3 is 7.82 Å². The molecule has 14 heteroatoms. The van der Waals surface area contributed by atoms with Crippen molar-refractivity contribution >= 4 is 25.5 Å². The molecule has 3 amide bonds. The van der Waals surface area contributed by atoms with Crippen LogP contribution in [-0.4, -0.2) is 126 Å². The summed E-state index contributed by atoms with van der Waals surface area (Å²) < 4.78 is 8.88. The molecule has 0 unspecified atom stereocenters. The van der Waals surface area contributed by atoms with Crippen molar-refractivity contribution in [2.24, 2.45) is 0 Å². The van der Waals surface area contributed by atoms with E-state index in [0.717, 1.165) is 77.8 Å². The molecule has 536 valence electrons. The second-order valence-corrected chi connectivity index (χ2v) is 27.2. The van der Waals surface area contributed by atoms with Crippen LogP contribution in [0.1, 0.15) is 390 Å². The summed E-state index contributed by atoms with van der Waals surface area (Å²) in [5.41, 5.74) is 0. The van der Waals surface area contributed by atoms with Crippen molar-refractivity contribution in [1.29, 1.82) is 0 Å². The Hall–Kier alpha value is -1.60. The van der Waals surface area contributed by atoms with Crippen LogP contribution in [0, 0.1) is 0 Å². The lowest BCUT2D eigenvalue weighted by atomic mass is 10.1. The van der Waals surface area contributed by atoms with E-state index in [2.05, 4.69) is 93.0 Å². The molecule has 0 aliphatic rings. The maximum Gasteiger partial charge on any atom is 0.466 e. The molecule has 0 fully saturated rings. The van der Waals surface area contributed by atoms with Crippen molar-refractivity contribution in [3.05, 3.63) is 0 Å². The molecule has 0 bridgehead atoms. The van der Waals surface area contributed by atoms with Crippen molar-refractivity contribution in [3.63, 3.8) is 0 Å². The van der Waals surface area contributed by atoms with Crippen molar-refractivity contribution < 1.29 is 33.6 Å². The van der Waals surface area contributed by atoms with Gasteiger partial charge in [0.25, 0.3) is 0 Å². The van der Waals surface area contributed by atoms with Gasteiger partial charge in [-0.25, -0.2) is 4.57 Å². The molecule has 0 heterocycles. The zero-order valence-electron chi connectivity index (χ0n) is 61.3. The number of carbonyl (C=O) groups excluding carboxylic acids is 3. The second-order valence-electron chi connectivity index (χ2n) is 26.1. The van der Waals surface area contributed by atoms with Crippen LogP contribution < -0.4 is 16.0 Å². The summed E-state index contributed by atoms with van der Waals surface area (Å²) in [6.45, 7) is 33.7. The summed E-state index contributed by atoms with van der Waals surface area (Å²) in [6, 6.07) is 0. The van der Waals surface area contributed by atoms with Gasteiger partial charge in [0.2, 0.25) is 17.7 Å². The Morgan fingerprint density at radius 2 is 0.371 bits per heavy atom. The lowest BCUT2D eigenvalue weighted by molar-refractivity contribution is -0.122. The Balaban J connectivity index is -0.000000585. The molecule has 0 saturated carbocycles. The molecule has 0 saturated heterocycles. The van der Waals surface area contributed by atoms with E-state index >= 15 is 0 Å². The van der Waals surface area contributed by atoms with Crippen molar-refractivity contribution in [2.75, 3.05) is 78.5 Å². The maximum absolute atomic E-state index is 12.0. The lowest BCUT2D eigenvalue weighted by Gasteiger charge is -2.22. The minimum Gasteiger partial charge on any atom is -0.356 e. The van der Waals surface area contributed by atoms with Gasteiger partial charge in [0, 0.05) is 38.9 Å². The minimum atomic E-state index is -4.64. The van der Waals surface area contributed by atoms with Gasteiger partial charge in [-0.15, -0.1) is 0 Å². The third-order valence-electron chi connectivity index (χ3n) is 16.9. The van der Waals surface area contributed by atoms with Crippen LogP contribution in [0.2, 0.25) is 0 Å². The average molecular weight is 1290 g/mol. The van der Waals surface area contributed by atoms with E-state index in [0.29, 0.717) is 19.3 Å². The second kappa shape index (κ2) is 80.6. The summed E-state index contributed by atoms with van der Waals surface area (Å²) >= 11 is 0. The number of rotatable bonds is 66. The highest BCUT2D eigenvalue weighted by molar-refractivity contribution is 7.45. The monoisotopic (exact) mass is 1290 g/mol. The van der Waals surface area contributed by atoms with E-state index in [1.807, 2.05) is 0 Å². The van der Waals surface area contributed by atoms with Crippen LogP contribution in [0.3, 0.4) is 0 Å². The number of carbonyl (C=O) groups is 3. The fourth-order valence-electron chi connectivity index (χ4n) is 11.2. The van der Waals surface area contributed by atoms with Gasteiger partial charge < -0.3 is 45.3 Å². The van der Waals surface area contributed by atoms with E-state index in [9.17, 15) is 14.4 Å². The van der Waals surface area contributed by atoms with Gasteiger partial charge in [0.15, 0.2) is 0 Å². The zero-order valence-corrected chi connectivity index (χ0v) is 62.2. The number of amides is 3. The fourth-order valence-corrected chi connectivity index (χ4v) is 11.2. The van der Waals surface area contributed by atoms with E-state index in [-0.39, 0.29) is 17.7 Å². The Bertz CT molecular complexity index is 1240. The quantitative estimate of drug-likeness (QED) is 0.0254. The maximum atomic E-state index is 12.0. The summed E-state index contributed by atoms with van der Waals surface area (Å²) in [6.07, 6.45) is 64.3. The largest absolute Gasteiger partial charge is 0.466 e. The number of phosphoric acid groups is 1. The summed E-state index contributed by atoms with van der Waals surface area (Å²) in [5.74, 6) is 0.768. The molecule has 0 aromatic rings. The first-order valence-electron chi connectivity index (χ1n) is 39.0. The Labute approximate surface area is 555 Å². The Kier molecular flexibility index (Phi) is 85.0. The molecule has 0 aromatic heterocycles. The van der Waals surface area contributed by atoms with Crippen LogP contribution in [0.25, 0.3) is 0 Å². The van der Waals surface area contributed by atoms with Gasteiger partial charge in [-0.2, -0.15) is 0 Å². The third kappa shape index (κ3) is 90.6. The average Bonchev–Trinajstić information content (AvgIpc) is 3.58. The molecule has 13 nitrogen and oxygen atoms in total. The highest BCUT2D eigenvalue weighted by Gasteiger charge is 2.10. The van der Waals surface area contributed by atoms with Crippen LogP contribution in [0.4, 0.5) is 0 Å². The molecule has 6 N–H and O–H groups in total. The predicted octanol–water partition coefficient (Wildman–Crippen LogP) is 20.4. The smallest absolute Gasteiger partial charge is 0.356 e. The SMILES string of the molecule is CCCCCCCCCCCC(=O)NCCCN(CCCCC)CCCCC.CCCCCCCCCCCC(=O)NCCCN(CCCCC)CCCCC.CCCCCCCCCCCC(=O)NCCCN(CCCCC)CCCCC.O=P(O)(O)O. The van der Waals surface area contributed by atoms with Gasteiger partial charge in [0.05, 0.1) is 0 Å². The van der Waals surface area contributed by atoms with Crippen molar-refractivity contribution in [3.8, 4) is 0 Å². The molecule has 0 aromatic carbocycles. The summed E-state index contributed by atoms with van der Waals surface area (Å²) in [5, 5.41) is 9.40.